The van der Waals surface area contributed by atoms with Gasteiger partial charge in [-0.05, 0) is 83.6 Å². The molecule has 0 nitrogen and oxygen atoms in total. The fourth-order valence-electron chi connectivity index (χ4n) is 7.08. The van der Waals surface area contributed by atoms with Crippen LogP contribution in [0.4, 0.5) is 0 Å². The number of hydrogen-bond acceptors (Lipinski definition) is 1. The van der Waals surface area contributed by atoms with Gasteiger partial charge in [0.2, 0.25) is 0 Å². The lowest BCUT2D eigenvalue weighted by Gasteiger charge is -2.23. The molecule has 0 bridgehead atoms. The summed E-state index contributed by atoms with van der Waals surface area (Å²) in [6, 6.07) is 57.9. The standard InChI is InChI=1S/C42H26S/c1-2-13-27(14-3-1)28-15-4-5-17-30(28)40-31-18-6-8-20-33(31)41(34-21-9-7-19-32(34)40)37-26-25-36-29-16-10-11-23-38(29)43-39-24-12-22-35(37)42(36)39/h1-26H. The molecule has 0 saturated carbocycles. The summed E-state index contributed by atoms with van der Waals surface area (Å²) in [6.07, 6.45) is 0. The minimum atomic E-state index is 1.23. The van der Waals surface area contributed by atoms with Crippen molar-refractivity contribution in [3.8, 4) is 44.5 Å². The summed E-state index contributed by atoms with van der Waals surface area (Å²) in [5, 5.41) is 7.78. The number of benzene rings is 8. The van der Waals surface area contributed by atoms with Crippen LogP contribution in [0.25, 0.3) is 76.8 Å². The Kier molecular flexibility index (Phi) is 5.54. The Bertz CT molecular complexity index is 2310. The Balaban J connectivity index is 1.40. The Morgan fingerprint density at radius 1 is 0.279 bits per heavy atom. The van der Waals surface area contributed by atoms with Gasteiger partial charge in [0, 0.05) is 15.2 Å². The SMILES string of the molecule is c1ccc(-c2ccccc2-c2c3ccccc3c(-c3ccc4c5c(cccc35)Sc3ccccc3-4)c3ccccc23)cc1. The molecule has 0 amide bonds. The normalized spacial score (nSPS) is 12.1. The minimum absolute atomic E-state index is 1.23. The van der Waals surface area contributed by atoms with Gasteiger partial charge in [-0.1, -0.05) is 157 Å². The van der Waals surface area contributed by atoms with Crippen LogP contribution in [-0.4, -0.2) is 0 Å². The van der Waals surface area contributed by atoms with Crippen LogP contribution in [-0.2, 0) is 0 Å². The zero-order valence-electron chi connectivity index (χ0n) is 23.4. The minimum Gasteiger partial charge on any atom is -0.0888 e. The van der Waals surface area contributed by atoms with Crippen molar-refractivity contribution in [1.29, 1.82) is 0 Å². The summed E-state index contributed by atoms with van der Waals surface area (Å²) in [7, 11) is 0. The maximum atomic E-state index is 2.36. The second-order valence-corrected chi connectivity index (χ2v) is 12.3. The Morgan fingerprint density at radius 3 is 1.47 bits per heavy atom. The molecule has 0 spiro atoms. The summed E-state index contributed by atoms with van der Waals surface area (Å²) >= 11 is 1.89. The largest absolute Gasteiger partial charge is 0.0888 e. The number of rotatable bonds is 3. The maximum Gasteiger partial charge on any atom is 0.0207 e. The molecule has 0 radical (unpaired) electrons. The summed E-state index contributed by atoms with van der Waals surface area (Å²) in [6.45, 7) is 0. The van der Waals surface area contributed by atoms with E-state index in [0.717, 1.165) is 0 Å². The molecular weight excluding hydrogens is 537 g/mol. The van der Waals surface area contributed by atoms with E-state index in [-0.39, 0.29) is 0 Å². The summed E-state index contributed by atoms with van der Waals surface area (Å²) in [4.78, 5) is 2.66. The van der Waals surface area contributed by atoms with Gasteiger partial charge >= 0.3 is 0 Å². The monoisotopic (exact) mass is 562 g/mol. The third kappa shape index (κ3) is 3.72. The van der Waals surface area contributed by atoms with Crippen molar-refractivity contribution < 1.29 is 0 Å². The average Bonchev–Trinajstić information content (AvgIpc) is 3.08. The van der Waals surface area contributed by atoms with E-state index in [2.05, 4.69) is 158 Å². The smallest absolute Gasteiger partial charge is 0.0207 e. The molecule has 0 unspecified atom stereocenters. The van der Waals surface area contributed by atoms with Gasteiger partial charge in [-0.3, -0.25) is 0 Å². The third-order valence-electron chi connectivity index (χ3n) is 8.88. The molecule has 200 valence electrons. The quantitative estimate of drug-likeness (QED) is 0.193. The predicted molar refractivity (Wildman–Crippen MR) is 185 cm³/mol. The van der Waals surface area contributed by atoms with Crippen LogP contribution in [0.3, 0.4) is 0 Å². The van der Waals surface area contributed by atoms with Gasteiger partial charge in [0.1, 0.15) is 0 Å². The van der Waals surface area contributed by atoms with E-state index in [9.17, 15) is 0 Å². The first-order chi connectivity index (χ1) is 21.4. The lowest BCUT2D eigenvalue weighted by Crippen LogP contribution is -1.96. The van der Waals surface area contributed by atoms with Crippen molar-refractivity contribution in [1.82, 2.24) is 0 Å². The molecule has 8 aromatic carbocycles. The first-order valence-electron chi connectivity index (χ1n) is 14.8. The van der Waals surface area contributed by atoms with Crippen LogP contribution in [0, 0.1) is 0 Å². The highest BCUT2D eigenvalue weighted by atomic mass is 32.2. The van der Waals surface area contributed by atoms with E-state index in [0.29, 0.717) is 0 Å². The van der Waals surface area contributed by atoms with Crippen molar-refractivity contribution in [3.63, 3.8) is 0 Å². The highest BCUT2D eigenvalue weighted by Gasteiger charge is 2.23. The van der Waals surface area contributed by atoms with Gasteiger partial charge in [-0.2, -0.15) is 0 Å². The Labute approximate surface area is 255 Å². The molecule has 1 heterocycles. The van der Waals surface area contributed by atoms with E-state index < -0.39 is 0 Å². The van der Waals surface area contributed by atoms with Crippen LogP contribution < -0.4 is 0 Å². The van der Waals surface area contributed by atoms with Gasteiger partial charge in [-0.25, -0.2) is 0 Å². The van der Waals surface area contributed by atoms with Gasteiger partial charge < -0.3 is 0 Å². The molecule has 1 aliphatic rings. The Morgan fingerprint density at radius 2 is 0.767 bits per heavy atom. The number of fused-ring (bicyclic) bond motifs is 4. The molecule has 0 aliphatic carbocycles. The molecule has 0 fully saturated rings. The van der Waals surface area contributed by atoms with E-state index in [1.807, 2.05) is 11.8 Å². The summed E-state index contributed by atoms with van der Waals surface area (Å²) in [5.41, 5.74) is 10.3. The fraction of sp³-hybridized carbons (Fsp3) is 0. The topological polar surface area (TPSA) is 0 Å². The lowest BCUT2D eigenvalue weighted by molar-refractivity contribution is 1.40. The zero-order valence-corrected chi connectivity index (χ0v) is 24.2. The van der Waals surface area contributed by atoms with Crippen LogP contribution >= 0.6 is 11.8 Å². The first kappa shape index (κ1) is 24.5. The van der Waals surface area contributed by atoms with Gasteiger partial charge in [0.25, 0.3) is 0 Å². The molecule has 8 aromatic rings. The molecule has 0 saturated heterocycles. The van der Waals surface area contributed by atoms with E-state index in [4.69, 9.17) is 0 Å². The van der Waals surface area contributed by atoms with Crippen molar-refractivity contribution in [2.45, 2.75) is 9.79 Å². The van der Waals surface area contributed by atoms with Gasteiger partial charge in [-0.15, -0.1) is 0 Å². The maximum absolute atomic E-state index is 2.36. The lowest BCUT2D eigenvalue weighted by atomic mass is 9.82. The molecule has 43 heavy (non-hydrogen) atoms. The second-order valence-electron chi connectivity index (χ2n) is 11.2. The van der Waals surface area contributed by atoms with Crippen molar-refractivity contribution >= 4 is 44.1 Å². The number of hydrogen-bond donors (Lipinski definition) is 0. The summed E-state index contributed by atoms with van der Waals surface area (Å²) < 4.78 is 0. The van der Waals surface area contributed by atoms with E-state index in [1.165, 1.54) is 86.6 Å². The van der Waals surface area contributed by atoms with Crippen molar-refractivity contribution in [2.24, 2.45) is 0 Å². The fourth-order valence-corrected chi connectivity index (χ4v) is 8.22. The van der Waals surface area contributed by atoms with Crippen LogP contribution in [0.15, 0.2) is 168 Å². The molecule has 1 aliphatic heterocycles. The van der Waals surface area contributed by atoms with Crippen LogP contribution in [0.5, 0.6) is 0 Å². The molecular formula is C42H26S. The van der Waals surface area contributed by atoms with E-state index >= 15 is 0 Å². The third-order valence-corrected chi connectivity index (χ3v) is 10.0. The summed E-state index contributed by atoms with van der Waals surface area (Å²) in [5.74, 6) is 0. The zero-order chi connectivity index (χ0) is 28.3. The van der Waals surface area contributed by atoms with Gasteiger partial charge in [0.15, 0.2) is 0 Å². The second kappa shape index (κ2) is 9.73. The van der Waals surface area contributed by atoms with Crippen LogP contribution in [0.1, 0.15) is 0 Å². The first-order valence-corrected chi connectivity index (χ1v) is 15.6. The molecule has 0 N–H and O–H groups in total. The molecule has 1 heteroatoms. The van der Waals surface area contributed by atoms with Gasteiger partial charge in [0.05, 0.1) is 0 Å². The highest BCUT2D eigenvalue weighted by Crippen LogP contribution is 2.52. The highest BCUT2D eigenvalue weighted by molar-refractivity contribution is 7.99. The molecule has 0 atom stereocenters. The van der Waals surface area contributed by atoms with Crippen molar-refractivity contribution in [3.05, 3.63) is 158 Å². The predicted octanol–water partition coefficient (Wildman–Crippen LogP) is 12.3. The Hall–Kier alpha value is -5.11. The average molecular weight is 563 g/mol. The van der Waals surface area contributed by atoms with Crippen molar-refractivity contribution in [2.75, 3.05) is 0 Å². The molecule has 0 aromatic heterocycles. The van der Waals surface area contributed by atoms with E-state index in [1.54, 1.807) is 0 Å². The van der Waals surface area contributed by atoms with Crippen LogP contribution in [0.2, 0.25) is 0 Å². The molecule has 9 rings (SSSR count).